The molecule has 1 N–H and O–H groups in total. The van der Waals surface area contributed by atoms with Crippen LogP contribution in [0.3, 0.4) is 0 Å². The maximum absolute atomic E-state index is 13.5. The summed E-state index contributed by atoms with van der Waals surface area (Å²) in [5, 5.41) is 3.04. The Labute approximate surface area is 180 Å². The van der Waals surface area contributed by atoms with Crippen LogP contribution in [0.15, 0.2) is 78.5 Å². The third-order valence-electron chi connectivity index (χ3n) is 5.14. The lowest BCUT2D eigenvalue weighted by Crippen LogP contribution is -2.32. The number of halogens is 1. The molecule has 5 nitrogen and oxygen atoms in total. The van der Waals surface area contributed by atoms with E-state index < -0.39 is 11.8 Å². The zero-order valence-electron chi connectivity index (χ0n) is 17.5. The molecule has 0 fully saturated rings. The Bertz CT molecular complexity index is 1180. The highest BCUT2D eigenvalue weighted by atomic mass is 19.1. The number of hydrogen-bond acceptors (Lipinski definition) is 4. The minimum Gasteiger partial charge on any atom is -0.378 e. The first-order valence-electron chi connectivity index (χ1n) is 9.85. The molecule has 0 bridgehead atoms. The predicted octanol–water partition coefficient (Wildman–Crippen LogP) is 4.60. The summed E-state index contributed by atoms with van der Waals surface area (Å²) in [6, 6.07) is 20.3. The second-order valence-corrected chi connectivity index (χ2v) is 7.61. The lowest BCUT2D eigenvalue weighted by Gasteiger charge is -2.19. The molecule has 0 radical (unpaired) electrons. The van der Waals surface area contributed by atoms with Crippen LogP contribution in [0.2, 0.25) is 0 Å². The monoisotopic (exact) mass is 415 g/mol. The van der Waals surface area contributed by atoms with Gasteiger partial charge in [-0.3, -0.25) is 9.59 Å². The average molecular weight is 415 g/mol. The molecular formula is C25H22FN3O2. The number of nitrogens with one attached hydrogen (secondary N) is 1. The highest BCUT2D eigenvalue weighted by Gasteiger charge is 2.40. The first kappa shape index (κ1) is 20.3. The molecule has 0 aromatic heterocycles. The Hall–Kier alpha value is -3.93. The number of nitrogens with zero attached hydrogens (tertiary/aromatic N) is 2. The lowest BCUT2D eigenvalue weighted by atomic mass is 10.0. The molecule has 2 amide bonds. The van der Waals surface area contributed by atoms with Crippen molar-refractivity contribution in [3.05, 3.63) is 95.4 Å². The number of anilines is 3. The van der Waals surface area contributed by atoms with Gasteiger partial charge in [-0.1, -0.05) is 35.9 Å². The van der Waals surface area contributed by atoms with E-state index in [1.165, 1.54) is 29.2 Å². The van der Waals surface area contributed by atoms with E-state index >= 15 is 0 Å². The number of rotatable bonds is 5. The number of carbonyl (C=O) groups excluding carboxylic acids is 2. The fourth-order valence-corrected chi connectivity index (χ4v) is 3.46. The Kier molecular flexibility index (Phi) is 5.29. The van der Waals surface area contributed by atoms with Crippen LogP contribution in [0.1, 0.15) is 11.1 Å². The first-order valence-corrected chi connectivity index (χ1v) is 9.85. The van der Waals surface area contributed by atoms with Crippen LogP contribution in [0.4, 0.5) is 21.5 Å². The molecule has 0 saturated carbocycles. The Morgan fingerprint density at radius 1 is 0.871 bits per heavy atom. The topological polar surface area (TPSA) is 52.7 Å². The zero-order chi connectivity index (χ0) is 22.1. The minimum atomic E-state index is -0.458. The Morgan fingerprint density at radius 2 is 1.55 bits per heavy atom. The van der Waals surface area contributed by atoms with Crippen LogP contribution in [-0.2, 0) is 9.59 Å². The molecule has 3 aromatic rings. The summed E-state index contributed by atoms with van der Waals surface area (Å²) in [7, 11) is 3.79. The first-order chi connectivity index (χ1) is 14.8. The van der Waals surface area contributed by atoms with Gasteiger partial charge in [0.15, 0.2) is 0 Å². The molecule has 0 unspecified atom stereocenters. The van der Waals surface area contributed by atoms with Gasteiger partial charge in [0.25, 0.3) is 11.8 Å². The van der Waals surface area contributed by atoms with Gasteiger partial charge in [-0.25, -0.2) is 9.29 Å². The van der Waals surface area contributed by atoms with Gasteiger partial charge >= 0.3 is 0 Å². The number of carbonyl (C=O) groups is 2. The molecule has 31 heavy (non-hydrogen) atoms. The average Bonchev–Trinajstić information content (AvgIpc) is 3.00. The van der Waals surface area contributed by atoms with Crippen molar-refractivity contribution in [1.29, 1.82) is 0 Å². The summed E-state index contributed by atoms with van der Waals surface area (Å²) in [5.74, 6) is -1.25. The summed E-state index contributed by atoms with van der Waals surface area (Å²) >= 11 is 0. The largest absolute Gasteiger partial charge is 0.378 e. The van der Waals surface area contributed by atoms with E-state index in [1.807, 2.05) is 62.3 Å². The predicted molar refractivity (Wildman–Crippen MR) is 121 cm³/mol. The van der Waals surface area contributed by atoms with E-state index in [4.69, 9.17) is 0 Å². The lowest BCUT2D eigenvalue weighted by molar-refractivity contribution is -0.120. The highest BCUT2D eigenvalue weighted by molar-refractivity contribution is 6.46. The summed E-state index contributed by atoms with van der Waals surface area (Å²) in [6.07, 6.45) is 0. The van der Waals surface area contributed by atoms with Crippen LogP contribution in [0.5, 0.6) is 0 Å². The molecule has 3 aromatic carbocycles. The summed E-state index contributed by atoms with van der Waals surface area (Å²) < 4.78 is 13.3. The van der Waals surface area contributed by atoms with Crippen LogP contribution in [0, 0.1) is 12.7 Å². The van der Waals surface area contributed by atoms with Crippen LogP contribution in [0.25, 0.3) is 5.57 Å². The van der Waals surface area contributed by atoms with E-state index in [-0.39, 0.29) is 17.1 Å². The van der Waals surface area contributed by atoms with Gasteiger partial charge in [0.05, 0.1) is 11.3 Å². The van der Waals surface area contributed by atoms with E-state index in [1.54, 1.807) is 12.1 Å². The zero-order valence-corrected chi connectivity index (χ0v) is 17.5. The van der Waals surface area contributed by atoms with Gasteiger partial charge in [-0.05, 0) is 55.0 Å². The molecule has 1 aliphatic heterocycles. The number of amides is 2. The normalized spacial score (nSPS) is 13.7. The molecule has 0 saturated heterocycles. The smallest absolute Gasteiger partial charge is 0.282 e. The summed E-state index contributed by atoms with van der Waals surface area (Å²) in [4.78, 5) is 30.0. The highest BCUT2D eigenvalue weighted by Crippen LogP contribution is 2.35. The fourth-order valence-electron chi connectivity index (χ4n) is 3.46. The summed E-state index contributed by atoms with van der Waals surface area (Å²) in [6.45, 7) is 1.95. The van der Waals surface area contributed by atoms with Gasteiger partial charge in [0.2, 0.25) is 0 Å². The third-order valence-corrected chi connectivity index (χ3v) is 5.14. The number of benzene rings is 3. The van der Waals surface area contributed by atoms with Crippen molar-refractivity contribution in [3.63, 3.8) is 0 Å². The molecule has 0 atom stereocenters. The fraction of sp³-hybridized carbons (Fsp3) is 0.120. The van der Waals surface area contributed by atoms with Crippen molar-refractivity contribution in [2.24, 2.45) is 0 Å². The van der Waals surface area contributed by atoms with E-state index in [2.05, 4.69) is 5.32 Å². The second-order valence-electron chi connectivity index (χ2n) is 7.61. The van der Waals surface area contributed by atoms with Crippen molar-refractivity contribution in [2.75, 3.05) is 29.2 Å². The SMILES string of the molecule is Cc1ccc(C2=C(Nc3ccc(F)cc3)C(=O)N(c3cccc(N(C)C)c3)C2=O)cc1. The molecule has 4 rings (SSSR count). The molecule has 0 spiro atoms. The van der Waals surface area contributed by atoms with Crippen molar-refractivity contribution >= 4 is 34.4 Å². The third kappa shape index (κ3) is 3.92. The molecule has 6 heteroatoms. The molecule has 1 aliphatic rings. The van der Waals surface area contributed by atoms with Gasteiger partial charge in [-0.15, -0.1) is 0 Å². The molecule has 0 aliphatic carbocycles. The standard InChI is InChI=1S/C25H22FN3O2/c1-16-7-9-17(10-8-16)22-23(27-19-13-11-18(26)12-14-19)25(31)29(24(22)30)21-6-4-5-20(15-21)28(2)3/h4-15,27H,1-3H3. The number of hydrogen-bond donors (Lipinski definition) is 1. The van der Waals surface area contributed by atoms with Gasteiger partial charge in [0, 0.05) is 25.5 Å². The number of aryl methyl sites for hydroxylation is 1. The minimum absolute atomic E-state index is 0.163. The van der Waals surface area contributed by atoms with Crippen molar-refractivity contribution in [2.45, 2.75) is 6.92 Å². The quantitative estimate of drug-likeness (QED) is 0.619. The van der Waals surface area contributed by atoms with Gasteiger partial charge < -0.3 is 10.2 Å². The second kappa shape index (κ2) is 8.07. The van der Waals surface area contributed by atoms with E-state index in [0.717, 1.165) is 11.3 Å². The maximum atomic E-state index is 13.5. The molecule has 156 valence electrons. The van der Waals surface area contributed by atoms with Crippen molar-refractivity contribution in [3.8, 4) is 0 Å². The van der Waals surface area contributed by atoms with Gasteiger partial charge in [0.1, 0.15) is 11.5 Å². The Balaban J connectivity index is 1.81. The van der Waals surface area contributed by atoms with E-state index in [0.29, 0.717) is 16.9 Å². The van der Waals surface area contributed by atoms with Crippen molar-refractivity contribution < 1.29 is 14.0 Å². The van der Waals surface area contributed by atoms with Crippen LogP contribution < -0.4 is 15.1 Å². The van der Waals surface area contributed by atoms with E-state index in [9.17, 15) is 14.0 Å². The summed E-state index contributed by atoms with van der Waals surface area (Å²) in [5.41, 5.74) is 4.01. The molecular weight excluding hydrogens is 393 g/mol. The van der Waals surface area contributed by atoms with Crippen LogP contribution >= 0.6 is 0 Å². The van der Waals surface area contributed by atoms with Crippen molar-refractivity contribution in [1.82, 2.24) is 0 Å². The van der Waals surface area contributed by atoms with Gasteiger partial charge in [-0.2, -0.15) is 0 Å². The Morgan fingerprint density at radius 3 is 2.19 bits per heavy atom. The van der Waals surface area contributed by atoms with Crippen LogP contribution in [-0.4, -0.2) is 25.9 Å². The number of imide groups is 1. The molecule has 1 heterocycles. The maximum Gasteiger partial charge on any atom is 0.282 e.